The van der Waals surface area contributed by atoms with Crippen LogP contribution < -0.4 is 20.5 Å². The van der Waals surface area contributed by atoms with E-state index in [4.69, 9.17) is 10.5 Å². The Kier molecular flexibility index (Phi) is 6.17. The van der Waals surface area contributed by atoms with Gasteiger partial charge >= 0.3 is 0 Å². The van der Waals surface area contributed by atoms with Gasteiger partial charge in [0.25, 0.3) is 0 Å². The highest BCUT2D eigenvalue weighted by molar-refractivity contribution is 8.00. The molecule has 0 aliphatic carbocycles. The quantitative estimate of drug-likeness (QED) is 0.308. The van der Waals surface area contributed by atoms with Crippen LogP contribution in [0.1, 0.15) is 12.0 Å². The van der Waals surface area contributed by atoms with E-state index in [2.05, 4.69) is 21.1 Å². The van der Waals surface area contributed by atoms with Crippen molar-refractivity contribution in [1.29, 1.82) is 5.26 Å². The number of nitrogen functional groups attached to an aromatic ring is 1. The van der Waals surface area contributed by atoms with Gasteiger partial charge in [0.15, 0.2) is 5.13 Å². The second kappa shape index (κ2) is 8.76. The van der Waals surface area contributed by atoms with Gasteiger partial charge in [0.1, 0.15) is 11.8 Å². The largest absolute Gasteiger partial charge is 0.493 e. The minimum Gasteiger partial charge on any atom is -0.493 e. The molecule has 1 aromatic heterocycles. The lowest BCUT2D eigenvalue weighted by Crippen LogP contribution is -2.11. The number of rotatable bonds is 8. The topological polar surface area (TPSA) is 96.0 Å². The summed E-state index contributed by atoms with van der Waals surface area (Å²) in [6, 6.07) is 13.3. The number of anilines is 2. The molecule has 3 aromatic rings. The van der Waals surface area contributed by atoms with Gasteiger partial charge in [0, 0.05) is 10.6 Å². The van der Waals surface area contributed by atoms with Crippen LogP contribution in [0, 0.1) is 11.3 Å². The van der Waals surface area contributed by atoms with Gasteiger partial charge in [-0.05, 0) is 68.4 Å². The van der Waals surface area contributed by atoms with Gasteiger partial charge in [-0.1, -0.05) is 11.3 Å². The summed E-state index contributed by atoms with van der Waals surface area (Å²) in [6.45, 7) is 1.62. The summed E-state index contributed by atoms with van der Waals surface area (Å²) in [5.41, 5.74) is 7.76. The predicted molar refractivity (Wildman–Crippen MR) is 109 cm³/mol. The first-order chi connectivity index (χ1) is 12.7. The summed E-state index contributed by atoms with van der Waals surface area (Å²) in [4.78, 5) is 5.38. The fourth-order valence-corrected chi connectivity index (χ4v) is 3.93. The maximum atomic E-state index is 9.21. The van der Waals surface area contributed by atoms with E-state index < -0.39 is 0 Å². The Morgan fingerprint density at radius 3 is 3.00 bits per heavy atom. The van der Waals surface area contributed by atoms with E-state index >= 15 is 0 Å². The molecule has 3 rings (SSSR count). The van der Waals surface area contributed by atoms with Crippen molar-refractivity contribution >= 4 is 44.3 Å². The molecule has 0 atom stereocenters. The molecule has 0 saturated carbocycles. The minimum absolute atomic E-state index is 0.542. The molecule has 0 amide bonds. The molecule has 0 spiro atoms. The fourth-order valence-electron chi connectivity index (χ4n) is 2.30. The van der Waals surface area contributed by atoms with Gasteiger partial charge < -0.3 is 20.5 Å². The molecule has 0 fully saturated rings. The molecule has 8 heteroatoms. The zero-order chi connectivity index (χ0) is 18.4. The van der Waals surface area contributed by atoms with Crippen molar-refractivity contribution < 1.29 is 4.74 Å². The third-order valence-corrected chi connectivity index (χ3v) is 5.51. The van der Waals surface area contributed by atoms with Crippen LogP contribution >= 0.6 is 23.3 Å². The number of fused-ring (bicyclic) bond motifs is 1. The summed E-state index contributed by atoms with van der Waals surface area (Å²) >= 11 is 2.90. The lowest BCUT2D eigenvalue weighted by Gasteiger charge is -2.05. The van der Waals surface area contributed by atoms with Crippen molar-refractivity contribution in [1.82, 2.24) is 10.3 Å². The Bertz CT molecular complexity index is 935. The Balaban J connectivity index is 1.67. The van der Waals surface area contributed by atoms with Gasteiger partial charge in [-0.3, -0.25) is 0 Å². The SMILES string of the molecule is CNCCCOc1ccc2nc(NSc3ccc(N)cc3C#N)sc2c1. The fraction of sp³-hybridized carbons (Fsp3) is 0.222. The van der Waals surface area contributed by atoms with Crippen molar-refractivity contribution in [2.75, 3.05) is 30.7 Å². The summed E-state index contributed by atoms with van der Waals surface area (Å²) < 4.78 is 10.0. The Morgan fingerprint density at radius 1 is 1.31 bits per heavy atom. The number of aromatic nitrogens is 1. The minimum atomic E-state index is 0.542. The van der Waals surface area contributed by atoms with E-state index in [1.165, 1.54) is 11.9 Å². The summed E-state index contributed by atoms with van der Waals surface area (Å²) in [7, 11) is 1.93. The zero-order valence-electron chi connectivity index (χ0n) is 14.3. The van der Waals surface area contributed by atoms with Crippen molar-refractivity contribution in [2.24, 2.45) is 0 Å². The maximum absolute atomic E-state index is 9.21. The molecule has 6 nitrogen and oxygen atoms in total. The molecule has 26 heavy (non-hydrogen) atoms. The smallest absolute Gasteiger partial charge is 0.194 e. The average molecular weight is 386 g/mol. The Morgan fingerprint density at radius 2 is 2.19 bits per heavy atom. The second-order valence-corrected chi connectivity index (χ2v) is 7.40. The average Bonchev–Trinajstić information content (AvgIpc) is 3.06. The van der Waals surface area contributed by atoms with Crippen LogP contribution in [0.4, 0.5) is 10.8 Å². The molecule has 0 bridgehead atoms. The zero-order valence-corrected chi connectivity index (χ0v) is 15.9. The normalized spacial score (nSPS) is 10.6. The van der Waals surface area contributed by atoms with Gasteiger partial charge in [0.05, 0.1) is 22.4 Å². The van der Waals surface area contributed by atoms with Crippen LogP contribution in [-0.2, 0) is 0 Å². The molecule has 0 radical (unpaired) electrons. The van der Waals surface area contributed by atoms with Gasteiger partial charge in [-0.25, -0.2) is 4.98 Å². The first-order valence-electron chi connectivity index (χ1n) is 8.10. The Hall–Kier alpha value is -2.47. The standard InChI is InChI=1S/C18H19N5OS2/c1-21-7-2-8-24-14-4-5-15-17(10-14)25-18(22-15)23-26-16-6-3-13(20)9-12(16)11-19/h3-6,9-10,21H,2,7-8,20H2,1H3,(H,22,23). The number of nitriles is 1. The van der Waals surface area contributed by atoms with Gasteiger partial charge in [-0.15, -0.1) is 0 Å². The molecule has 4 N–H and O–H groups in total. The lowest BCUT2D eigenvalue weighted by molar-refractivity contribution is 0.310. The van der Waals surface area contributed by atoms with Crippen LogP contribution in [0.15, 0.2) is 41.3 Å². The van der Waals surface area contributed by atoms with Crippen LogP contribution in [-0.4, -0.2) is 25.2 Å². The molecule has 134 valence electrons. The number of nitrogens with zero attached hydrogens (tertiary/aromatic N) is 2. The molecule has 0 aliphatic heterocycles. The first-order valence-corrected chi connectivity index (χ1v) is 9.73. The molecule has 2 aromatic carbocycles. The molecular weight excluding hydrogens is 366 g/mol. The highest BCUT2D eigenvalue weighted by atomic mass is 32.2. The second-order valence-electron chi connectivity index (χ2n) is 5.53. The van der Waals surface area contributed by atoms with Crippen molar-refractivity contribution in [2.45, 2.75) is 11.3 Å². The van der Waals surface area contributed by atoms with Gasteiger partial charge in [0.2, 0.25) is 0 Å². The van der Waals surface area contributed by atoms with Crippen LogP contribution in [0.5, 0.6) is 5.75 Å². The van der Waals surface area contributed by atoms with E-state index in [-0.39, 0.29) is 0 Å². The summed E-state index contributed by atoms with van der Waals surface area (Å²) in [5.74, 6) is 0.849. The molecule has 1 heterocycles. The molecular formula is C18H19N5OS2. The monoisotopic (exact) mass is 385 g/mol. The molecule has 0 aliphatic rings. The Labute approximate surface area is 160 Å². The third-order valence-electron chi connectivity index (χ3n) is 3.57. The number of nitrogens with two attached hydrogens (primary N) is 1. The van der Waals surface area contributed by atoms with Crippen molar-refractivity contribution in [3.63, 3.8) is 0 Å². The highest BCUT2D eigenvalue weighted by Gasteiger charge is 2.08. The summed E-state index contributed by atoms with van der Waals surface area (Å²) in [5, 5.41) is 13.1. The van der Waals surface area contributed by atoms with Crippen LogP contribution in [0.3, 0.4) is 0 Å². The van der Waals surface area contributed by atoms with Crippen LogP contribution in [0.25, 0.3) is 10.2 Å². The lowest BCUT2D eigenvalue weighted by atomic mass is 10.2. The molecule has 0 unspecified atom stereocenters. The number of benzene rings is 2. The number of hydrogen-bond acceptors (Lipinski definition) is 8. The maximum Gasteiger partial charge on any atom is 0.194 e. The predicted octanol–water partition coefficient (Wildman–Crippen LogP) is 3.86. The van der Waals surface area contributed by atoms with Gasteiger partial charge in [-0.2, -0.15) is 5.26 Å². The highest BCUT2D eigenvalue weighted by Crippen LogP contribution is 2.33. The first kappa shape index (κ1) is 18.3. The van der Waals surface area contributed by atoms with E-state index in [1.807, 2.05) is 31.3 Å². The van der Waals surface area contributed by atoms with Crippen LogP contribution in [0.2, 0.25) is 0 Å². The molecule has 0 saturated heterocycles. The van der Waals surface area contributed by atoms with Crippen molar-refractivity contribution in [3.05, 3.63) is 42.0 Å². The third kappa shape index (κ3) is 4.58. The number of ether oxygens (including phenoxy) is 1. The number of hydrogen-bond donors (Lipinski definition) is 3. The van der Waals surface area contributed by atoms with Crippen molar-refractivity contribution in [3.8, 4) is 11.8 Å². The number of nitrogens with one attached hydrogen (secondary N) is 2. The van der Waals surface area contributed by atoms with E-state index in [0.29, 0.717) is 17.9 Å². The number of thiazole rings is 1. The van der Waals surface area contributed by atoms with E-state index in [1.54, 1.807) is 23.5 Å². The van der Waals surface area contributed by atoms with E-state index in [9.17, 15) is 5.26 Å². The summed E-state index contributed by atoms with van der Waals surface area (Å²) in [6.07, 6.45) is 0.962. The van der Waals surface area contributed by atoms with E-state index in [0.717, 1.165) is 39.0 Å².